The summed E-state index contributed by atoms with van der Waals surface area (Å²) in [6, 6.07) is -0.482. The van der Waals surface area contributed by atoms with Gasteiger partial charge >= 0.3 is 5.97 Å². The van der Waals surface area contributed by atoms with Crippen LogP contribution in [0.25, 0.3) is 0 Å². The number of carboxylic acids is 1. The minimum absolute atomic E-state index is 0.274. The molecular weight excluding hydrogens is 194 g/mol. The van der Waals surface area contributed by atoms with Crippen molar-refractivity contribution in [2.45, 2.75) is 26.3 Å². The van der Waals surface area contributed by atoms with Crippen LogP contribution in [0.4, 0.5) is 0 Å². The second-order valence-electron chi connectivity index (χ2n) is 4.55. The molecule has 0 aromatic carbocycles. The fourth-order valence-corrected chi connectivity index (χ4v) is 2.07. The highest BCUT2D eigenvalue weighted by Gasteiger charge is 2.31. The van der Waals surface area contributed by atoms with Gasteiger partial charge in [-0.2, -0.15) is 0 Å². The molecule has 0 amide bonds. The summed E-state index contributed by atoms with van der Waals surface area (Å²) in [5, 5.41) is 9.09. The summed E-state index contributed by atoms with van der Waals surface area (Å²) in [7, 11) is 1.55. The summed E-state index contributed by atoms with van der Waals surface area (Å²) < 4.78 is 4.96. The van der Waals surface area contributed by atoms with E-state index in [9.17, 15) is 4.79 Å². The molecule has 1 aliphatic heterocycles. The van der Waals surface area contributed by atoms with Gasteiger partial charge < -0.3 is 9.84 Å². The lowest BCUT2D eigenvalue weighted by molar-refractivity contribution is -0.146. The van der Waals surface area contributed by atoms with Crippen LogP contribution in [0.15, 0.2) is 0 Å². The molecule has 1 saturated heterocycles. The quantitative estimate of drug-likeness (QED) is 0.762. The Bertz CT molecular complexity index is 220. The normalized spacial score (nSPS) is 30.1. The van der Waals surface area contributed by atoms with Gasteiger partial charge in [0.05, 0.1) is 6.61 Å². The summed E-state index contributed by atoms with van der Waals surface area (Å²) in [4.78, 5) is 13.1. The second kappa shape index (κ2) is 5.47. The van der Waals surface area contributed by atoms with Crippen molar-refractivity contribution in [1.29, 1.82) is 0 Å². The molecule has 15 heavy (non-hydrogen) atoms. The SMILES string of the molecule is COCC(C(=O)O)N1CCC(C)C(C)C1. The van der Waals surface area contributed by atoms with E-state index in [0.29, 0.717) is 11.8 Å². The van der Waals surface area contributed by atoms with Gasteiger partial charge in [-0.1, -0.05) is 13.8 Å². The van der Waals surface area contributed by atoms with Crippen LogP contribution in [0.2, 0.25) is 0 Å². The van der Waals surface area contributed by atoms with Crippen molar-refractivity contribution in [2.75, 3.05) is 26.8 Å². The maximum absolute atomic E-state index is 11.1. The number of ether oxygens (including phenoxy) is 1. The van der Waals surface area contributed by atoms with E-state index >= 15 is 0 Å². The van der Waals surface area contributed by atoms with Gasteiger partial charge in [-0.05, 0) is 24.8 Å². The zero-order chi connectivity index (χ0) is 11.4. The maximum atomic E-state index is 11.1. The van der Waals surface area contributed by atoms with Gasteiger partial charge in [0.25, 0.3) is 0 Å². The van der Waals surface area contributed by atoms with Gasteiger partial charge in [-0.3, -0.25) is 9.69 Å². The first-order chi connectivity index (χ1) is 7.06. The molecule has 3 unspecified atom stereocenters. The Hall–Kier alpha value is -0.610. The lowest BCUT2D eigenvalue weighted by Crippen LogP contribution is -2.50. The second-order valence-corrected chi connectivity index (χ2v) is 4.55. The third-order valence-electron chi connectivity index (χ3n) is 3.42. The zero-order valence-electron chi connectivity index (χ0n) is 9.77. The van der Waals surface area contributed by atoms with Crippen LogP contribution in [0.3, 0.4) is 0 Å². The Morgan fingerprint density at radius 1 is 1.53 bits per heavy atom. The minimum atomic E-state index is -0.779. The molecule has 0 aliphatic carbocycles. The Labute approximate surface area is 91.2 Å². The number of carboxylic acid groups (broad SMARTS) is 1. The van der Waals surface area contributed by atoms with E-state index in [0.717, 1.165) is 19.5 Å². The lowest BCUT2D eigenvalue weighted by atomic mass is 9.88. The molecule has 4 heteroatoms. The first kappa shape index (κ1) is 12.5. The van der Waals surface area contributed by atoms with Crippen LogP contribution in [0.1, 0.15) is 20.3 Å². The highest BCUT2D eigenvalue weighted by Crippen LogP contribution is 2.23. The fourth-order valence-electron chi connectivity index (χ4n) is 2.07. The summed E-state index contributed by atoms with van der Waals surface area (Å²) >= 11 is 0. The number of nitrogens with zero attached hydrogens (tertiary/aromatic N) is 1. The number of carbonyl (C=O) groups is 1. The van der Waals surface area contributed by atoms with Crippen molar-refractivity contribution in [1.82, 2.24) is 4.90 Å². The average Bonchev–Trinajstić information content (AvgIpc) is 2.18. The van der Waals surface area contributed by atoms with Gasteiger partial charge in [0.15, 0.2) is 0 Å². The molecule has 0 radical (unpaired) electrons. The molecule has 0 spiro atoms. The van der Waals surface area contributed by atoms with Crippen LogP contribution in [0, 0.1) is 11.8 Å². The van der Waals surface area contributed by atoms with E-state index in [1.807, 2.05) is 4.90 Å². The third-order valence-corrected chi connectivity index (χ3v) is 3.42. The number of piperidine rings is 1. The van der Waals surface area contributed by atoms with E-state index in [4.69, 9.17) is 9.84 Å². The Balaban J connectivity index is 2.57. The fraction of sp³-hybridized carbons (Fsp3) is 0.909. The largest absolute Gasteiger partial charge is 0.480 e. The topological polar surface area (TPSA) is 49.8 Å². The molecule has 1 fully saturated rings. The van der Waals surface area contributed by atoms with Crippen molar-refractivity contribution in [3.05, 3.63) is 0 Å². The molecule has 0 bridgehead atoms. The maximum Gasteiger partial charge on any atom is 0.323 e. The number of likely N-dealkylation sites (tertiary alicyclic amines) is 1. The summed E-state index contributed by atoms with van der Waals surface area (Å²) in [6.45, 7) is 6.42. The molecule has 3 atom stereocenters. The third kappa shape index (κ3) is 3.18. The van der Waals surface area contributed by atoms with E-state index in [-0.39, 0.29) is 6.61 Å². The summed E-state index contributed by atoms with van der Waals surface area (Å²) in [6.07, 6.45) is 1.08. The smallest absolute Gasteiger partial charge is 0.323 e. The van der Waals surface area contributed by atoms with Crippen molar-refractivity contribution < 1.29 is 14.6 Å². The number of methoxy groups -OCH3 is 1. The van der Waals surface area contributed by atoms with Gasteiger partial charge in [0.2, 0.25) is 0 Å². The Morgan fingerprint density at radius 3 is 2.67 bits per heavy atom. The van der Waals surface area contributed by atoms with Crippen LogP contribution in [0.5, 0.6) is 0 Å². The van der Waals surface area contributed by atoms with Crippen LogP contribution in [-0.2, 0) is 9.53 Å². The standard InChI is InChI=1S/C11H21NO3/c1-8-4-5-12(6-9(8)2)10(7-15-3)11(13)14/h8-10H,4-7H2,1-3H3,(H,13,14). The Kier molecular flexibility index (Phi) is 4.54. The number of hydrogen-bond acceptors (Lipinski definition) is 3. The van der Waals surface area contributed by atoms with Crippen molar-refractivity contribution >= 4 is 5.97 Å². The summed E-state index contributed by atoms with van der Waals surface area (Å²) in [5.74, 6) is 0.481. The predicted octanol–water partition coefficient (Wildman–Crippen LogP) is 1.06. The number of rotatable bonds is 4. The van der Waals surface area contributed by atoms with E-state index in [2.05, 4.69) is 13.8 Å². The molecular formula is C11H21NO3. The minimum Gasteiger partial charge on any atom is -0.480 e. The number of hydrogen-bond donors (Lipinski definition) is 1. The first-order valence-corrected chi connectivity index (χ1v) is 5.52. The molecule has 88 valence electrons. The molecule has 1 rings (SSSR count). The van der Waals surface area contributed by atoms with Crippen LogP contribution < -0.4 is 0 Å². The van der Waals surface area contributed by atoms with Gasteiger partial charge in [-0.25, -0.2) is 0 Å². The van der Waals surface area contributed by atoms with Gasteiger partial charge in [-0.15, -0.1) is 0 Å². The molecule has 1 aliphatic rings. The van der Waals surface area contributed by atoms with Gasteiger partial charge in [0, 0.05) is 13.7 Å². The van der Waals surface area contributed by atoms with Crippen molar-refractivity contribution in [3.63, 3.8) is 0 Å². The van der Waals surface area contributed by atoms with Crippen LogP contribution in [-0.4, -0.2) is 48.8 Å². The molecule has 1 N–H and O–H groups in total. The van der Waals surface area contributed by atoms with Crippen LogP contribution >= 0.6 is 0 Å². The van der Waals surface area contributed by atoms with E-state index in [1.165, 1.54) is 0 Å². The predicted molar refractivity (Wildman–Crippen MR) is 57.8 cm³/mol. The Morgan fingerprint density at radius 2 is 2.20 bits per heavy atom. The zero-order valence-corrected chi connectivity index (χ0v) is 9.77. The molecule has 4 nitrogen and oxygen atoms in total. The van der Waals surface area contributed by atoms with E-state index in [1.54, 1.807) is 7.11 Å². The highest BCUT2D eigenvalue weighted by molar-refractivity contribution is 5.73. The molecule has 0 aromatic heterocycles. The van der Waals surface area contributed by atoms with E-state index < -0.39 is 12.0 Å². The monoisotopic (exact) mass is 215 g/mol. The van der Waals surface area contributed by atoms with Crippen molar-refractivity contribution in [3.8, 4) is 0 Å². The average molecular weight is 215 g/mol. The number of aliphatic carboxylic acids is 1. The van der Waals surface area contributed by atoms with Gasteiger partial charge in [0.1, 0.15) is 6.04 Å². The first-order valence-electron chi connectivity index (χ1n) is 5.52. The lowest BCUT2D eigenvalue weighted by Gasteiger charge is -2.38. The van der Waals surface area contributed by atoms with Crippen molar-refractivity contribution in [2.24, 2.45) is 11.8 Å². The molecule has 1 heterocycles. The summed E-state index contributed by atoms with van der Waals surface area (Å²) in [5.41, 5.74) is 0. The molecule has 0 aromatic rings. The molecule has 0 saturated carbocycles. The highest BCUT2D eigenvalue weighted by atomic mass is 16.5.